The van der Waals surface area contributed by atoms with Crippen molar-refractivity contribution in [1.82, 2.24) is 0 Å². The van der Waals surface area contributed by atoms with Crippen LogP contribution in [0.4, 0.5) is 0 Å². The molecule has 45 heavy (non-hydrogen) atoms. The fourth-order valence-electron chi connectivity index (χ4n) is 7.70. The van der Waals surface area contributed by atoms with Crippen molar-refractivity contribution in [2.45, 2.75) is 113 Å². The van der Waals surface area contributed by atoms with Gasteiger partial charge in [-0.3, -0.25) is 0 Å². The molecule has 6 rings (SSSR count). The van der Waals surface area contributed by atoms with E-state index in [1.807, 2.05) is 0 Å². The van der Waals surface area contributed by atoms with Gasteiger partial charge in [-0.15, -0.1) is 0 Å². The number of fused-ring (bicyclic) bond motifs is 2. The Kier molecular flexibility index (Phi) is 10.1. The molecule has 2 unspecified atom stereocenters. The van der Waals surface area contributed by atoms with Gasteiger partial charge in [0, 0.05) is 5.92 Å². The van der Waals surface area contributed by atoms with Crippen LogP contribution < -0.4 is 0 Å². The molecule has 0 amide bonds. The van der Waals surface area contributed by atoms with Crippen LogP contribution in [-0.2, 0) is 12.8 Å². The molecule has 0 N–H and O–H groups in total. The minimum absolute atomic E-state index is 0.500. The monoisotopic (exact) mass is 598 g/mol. The quantitative estimate of drug-likeness (QED) is 0.215. The molecule has 0 nitrogen and oxygen atoms in total. The Labute approximate surface area is 275 Å². The molecule has 3 aliphatic carbocycles. The summed E-state index contributed by atoms with van der Waals surface area (Å²) in [4.78, 5) is 0. The van der Waals surface area contributed by atoms with Gasteiger partial charge in [0.1, 0.15) is 0 Å². The normalized spacial score (nSPS) is 20.7. The Morgan fingerprint density at radius 1 is 0.978 bits per heavy atom. The molecule has 0 bridgehead atoms. The Bertz CT molecular complexity index is 1570. The number of benzene rings is 3. The number of rotatable bonds is 9. The second-order valence-corrected chi connectivity index (χ2v) is 16.2. The van der Waals surface area contributed by atoms with Crippen molar-refractivity contribution in [1.29, 1.82) is 0 Å². The zero-order chi connectivity index (χ0) is 32.5. The van der Waals surface area contributed by atoms with E-state index in [1.54, 1.807) is 5.57 Å². The Morgan fingerprint density at radius 2 is 1.67 bits per heavy atom. The van der Waals surface area contributed by atoms with E-state index in [9.17, 15) is 0 Å². The number of unbranched alkanes of at least 4 members (excludes halogenated alkanes) is 1. The fraction of sp³-hybridized carbons (Fsp3) is 0.467. The molecule has 1 saturated carbocycles. The molecule has 0 aromatic heterocycles. The molecular weight excluding hydrogens is 540 g/mol. The third-order valence-electron chi connectivity index (χ3n) is 10.1. The average molecular weight is 599 g/mol. The molecule has 3 aromatic carbocycles. The van der Waals surface area contributed by atoms with Crippen molar-refractivity contribution in [3.63, 3.8) is 0 Å². The van der Waals surface area contributed by atoms with E-state index in [0.29, 0.717) is 11.3 Å². The molecule has 0 spiro atoms. The van der Waals surface area contributed by atoms with Crippen LogP contribution in [0.3, 0.4) is 0 Å². The highest BCUT2D eigenvalue weighted by Gasteiger charge is 2.38. The van der Waals surface area contributed by atoms with Crippen molar-refractivity contribution < 1.29 is 0 Å². The maximum atomic E-state index is 4.26. The molecule has 238 valence electrons. The van der Waals surface area contributed by atoms with Gasteiger partial charge < -0.3 is 0 Å². The van der Waals surface area contributed by atoms with Gasteiger partial charge >= 0.3 is 0 Å². The predicted molar refractivity (Wildman–Crippen MR) is 200 cm³/mol. The molecule has 0 aliphatic heterocycles. The van der Waals surface area contributed by atoms with Crippen LogP contribution in [0, 0.1) is 30.1 Å². The molecule has 0 heterocycles. The third-order valence-corrected chi connectivity index (χ3v) is 10.1. The SMILES string of the molecule is C=C(C)Cc1c(C)cc2c(c1-c1ccccc1)CC(c1ccc3c(c1)C(C1CC(C(C)CCCC)C1)=CC3C)=C2.CC(C)(C)C. The van der Waals surface area contributed by atoms with E-state index in [0.717, 1.165) is 30.6 Å². The van der Waals surface area contributed by atoms with E-state index < -0.39 is 0 Å². The van der Waals surface area contributed by atoms with Gasteiger partial charge in [0.15, 0.2) is 0 Å². The third kappa shape index (κ3) is 7.65. The molecule has 3 aromatic rings. The summed E-state index contributed by atoms with van der Waals surface area (Å²) in [6.45, 7) is 24.6. The van der Waals surface area contributed by atoms with Crippen LogP contribution in [0.2, 0.25) is 0 Å². The smallest absolute Gasteiger partial charge is 0.000174 e. The lowest BCUT2D eigenvalue weighted by Gasteiger charge is -2.40. The highest BCUT2D eigenvalue weighted by atomic mass is 14.4. The average Bonchev–Trinajstić information content (AvgIpc) is 3.51. The van der Waals surface area contributed by atoms with Gasteiger partial charge in [0.2, 0.25) is 0 Å². The highest BCUT2D eigenvalue weighted by molar-refractivity contribution is 5.94. The van der Waals surface area contributed by atoms with Crippen LogP contribution in [-0.4, -0.2) is 0 Å². The van der Waals surface area contributed by atoms with Crippen LogP contribution in [0.15, 0.2) is 72.8 Å². The summed E-state index contributed by atoms with van der Waals surface area (Å²) in [6, 6.07) is 20.8. The van der Waals surface area contributed by atoms with Crippen molar-refractivity contribution >= 4 is 17.2 Å². The van der Waals surface area contributed by atoms with E-state index in [4.69, 9.17) is 0 Å². The largest absolute Gasteiger partial charge is 0.0998 e. The molecule has 0 saturated heterocycles. The summed E-state index contributed by atoms with van der Waals surface area (Å²) < 4.78 is 0. The topological polar surface area (TPSA) is 0 Å². The summed E-state index contributed by atoms with van der Waals surface area (Å²) in [5.41, 5.74) is 17.7. The van der Waals surface area contributed by atoms with Gasteiger partial charge in [-0.2, -0.15) is 0 Å². The first-order valence-electron chi connectivity index (χ1n) is 17.8. The van der Waals surface area contributed by atoms with E-state index >= 15 is 0 Å². The van der Waals surface area contributed by atoms with Gasteiger partial charge in [-0.1, -0.05) is 141 Å². The number of aryl methyl sites for hydroxylation is 1. The Balaban J connectivity index is 0.000000743. The van der Waals surface area contributed by atoms with E-state index in [1.165, 1.54) is 93.3 Å². The first kappa shape index (κ1) is 33.2. The summed E-state index contributed by atoms with van der Waals surface area (Å²) in [5.74, 6) is 3.07. The number of hydrogen-bond acceptors (Lipinski definition) is 0. The van der Waals surface area contributed by atoms with E-state index in [2.05, 4.69) is 136 Å². The van der Waals surface area contributed by atoms with Crippen LogP contribution in [0.1, 0.15) is 132 Å². The van der Waals surface area contributed by atoms with Crippen LogP contribution in [0.5, 0.6) is 0 Å². The molecular formula is C45H58. The minimum atomic E-state index is 0.500. The van der Waals surface area contributed by atoms with Gasteiger partial charge in [-0.05, 0) is 130 Å². The highest BCUT2D eigenvalue weighted by Crippen LogP contribution is 2.52. The van der Waals surface area contributed by atoms with Crippen molar-refractivity contribution in [2.24, 2.45) is 23.2 Å². The van der Waals surface area contributed by atoms with E-state index in [-0.39, 0.29) is 0 Å². The predicted octanol–water partition coefficient (Wildman–Crippen LogP) is 13.3. The first-order valence-corrected chi connectivity index (χ1v) is 17.8. The van der Waals surface area contributed by atoms with Crippen LogP contribution in [0.25, 0.3) is 28.3 Å². The molecule has 0 heteroatoms. The van der Waals surface area contributed by atoms with Crippen molar-refractivity contribution in [3.8, 4) is 11.1 Å². The lowest BCUT2D eigenvalue weighted by Crippen LogP contribution is -2.29. The standard InChI is InChI=1S/C40H46.C5H12/c1-7-8-12-26(4)31-20-34(21-31)37-19-28(6)35-16-15-30(23-39(35)37)32-22-33-18-27(5)36(17-25(2)3)40(38(33)24-32)29-13-10-9-11-14-29;1-5(2,3)4/h9-11,13-16,18-19,22-23,26,28,31,34H,2,7-8,12,17,20-21,24H2,1,3-6H3;1-4H3. The summed E-state index contributed by atoms with van der Waals surface area (Å²) >= 11 is 0. The minimum Gasteiger partial charge on any atom is -0.0998 e. The molecule has 3 aliphatic rings. The second-order valence-electron chi connectivity index (χ2n) is 16.2. The Morgan fingerprint density at radius 3 is 2.31 bits per heavy atom. The lowest BCUT2D eigenvalue weighted by molar-refractivity contribution is 0.163. The maximum Gasteiger partial charge on any atom is 0.000174 e. The molecule has 1 fully saturated rings. The van der Waals surface area contributed by atoms with Crippen LogP contribution >= 0.6 is 0 Å². The van der Waals surface area contributed by atoms with Gasteiger partial charge in [-0.25, -0.2) is 0 Å². The first-order chi connectivity index (χ1) is 21.3. The summed E-state index contributed by atoms with van der Waals surface area (Å²) in [6.07, 6.45) is 13.9. The number of hydrogen-bond donors (Lipinski definition) is 0. The summed E-state index contributed by atoms with van der Waals surface area (Å²) in [7, 11) is 0. The van der Waals surface area contributed by atoms with Gasteiger partial charge in [0.25, 0.3) is 0 Å². The molecule has 2 atom stereocenters. The summed E-state index contributed by atoms with van der Waals surface area (Å²) in [5, 5.41) is 0. The second kappa shape index (κ2) is 13.7. The van der Waals surface area contributed by atoms with Crippen molar-refractivity contribution in [3.05, 3.63) is 112 Å². The number of allylic oxidation sites excluding steroid dienone is 4. The van der Waals surface area contributed by atoms with Gasteiger partial charge in [0.05, 0.1) is 0 Å². The molecule has 0 radical (unpaired) electrons. The lowest BCUT2D eigenvalue weighted by atomic mass is 9.64. The fourth-order valence-corrected chi connectivity index (χ4v) is 7.70. The van der Waals surface area contributed by atoms with Crippen molar-refractivity contribution in [2.75, 3.05) is 0 Å². The zero-order valence-corrected chi connectivity index (χ0v) is 29.8. The maximum absolute atomic E-state index is 4.26. The zero-order valence-electron chi connectivity index (χ0n) is 29.8. The Hall–Kier alpha value is -3.12.